The van der Waals surface area contributed by atoms with E-state index in [9.17, 15) is 19.6 Å². The lowest BCUT2D eigenvalue weighted by atomic mass is 10.2. The number of anilines is 2. The zero-order valence-corrected chi connectivity index (χ0v) is 21.3. The molecule has 12 heteroatoms. The number of ether oxygens (including phenoxy) is 2. The number of nitrogens with zero attached hydrogens (tertiary/aromatic N) is 4. The first-order chi connectivity index (χ1) is 16.9. The van der Waals surface area contributed by atoms with Gasteiger partial charge in [-0.1, -0.05) is 11.6 Å². The number of carbonyl (C=O) groups excluding carboxylic acids is 2. The number of amides is 1. The molecule has 0 aliphatic rings. The van der Waals surface area contributed by atoms with Gasteiger partial charge in [0.25, 0.3) is 0 Å². The van der Waals surface area contributed by atoms with Crippen molar-refractivity contribution in [3.63, 3.8) is 0 Å². The van der Waals surface area contributed by atoms with Crippen LogP contribution in [-0.4, -0.2) is 44.9 Å². The zero-order chi connectivity index (χ0) is 26.6. The van der Waals surface area contributed by atoms with Crippen LogP contribution < -0.4 is 16.3 Å². The number of alkyl carbamates (subject to hydrolysis) is 1. The second-order valence-corrected chi connectivity index (χ2v) is 9.33. The number of hydrogen-bond donors (Lipinski definition) is 2. The molecular weight excluding hydrogens is 488 g/mol. The number of halogens is 1. The van der Waals surface area contributed by atoms with Gasteiger partial charge in [-0.15, -0.1) is 0 Å². The Hall–Kier alpha value is -4.04. The number of nitrogens with one attached hydrogen (secondary N) is 2. The minimum Gasteiger partial charge on any atom is -0.467 e. The molecule has 2 aromatic heterocycles. The Morgan fingerprint density at radius 3 is 2.61 bits per heavy atom. The molecule has 0 aliphatic carbocycles. The molecule has 190 valence electrons. The summed E-state index contributed by atoms with van der Waals surface area (Å²) < 4.78 is 13.0. The van der Waals surface area contributed by atoms with Crippen LogP contribution in [0.3, 0.4) is 0 Å². The van der Waals surface area contributed by atoms with Crippen LogP contribution in [0.4, 0.5) is 16.2 Å². The average Bonchev–Trinajstić information content (AvgIpc) is 3.04. The summed E-state index contributed by atoms with van der Waals surface area (Å²) in [5.74, 6) is -0.657. The molecule has 0 saturated carbocycles. The number of imidazole rings is 1. The van der Waals surface area contributed by atoms with Crippen LogP contribution in [0.1, 0.15) is 32.8 Å². The number of aryl methyl sites for hydroxylation is 2. The SMILES string of the molecule is COC(=O)[C@H](CCn1c(=O)n(C)c2ccc(Nc3ccnc(Cl)c3C#N)cc21)NC(=O)OC(C)(C)C. The zero-order valence-electron chi connectivity index (χ0n) is 20.6. The molecule has 3 aromatic rings. The molecule has 36 heavy (non-hydrogen) atoms. The third-order valence-corrected chi connectivity index (χ3v) is 5.55. The van der Waals surface area contributed by atoms with E-state index in [4.69, 9.17) is 21.1 Å². The highest BCUT2D eigenvalue weighted by Gasteiger charge is 2.25. The van der Waals surface area contributed by atoms with Crippen molar-refractivity contribution in [3.8, 4) is 6.07 Å². The average molecular weight is 515 g/mol. The normalized spacial score (nSPS) is 12.0. The van der Waals surface area contributed by atoms with Crippen molar-refractivity contribution >= 4 is 46.1 Å². The summed E-state index contributed by atoms with van der Waals surface area (Å²) in [7, 11) is 2.86. The largest absolute Gasteiger partial charge is 0.467 e. The minimum atomic E-state index is -1.02. The molecule has 11 nitrogen and oxygen atoms in total. The van der Waals surface area contributed by atoms with Gasteiger partial charge < -0.3 is 20.1 Å². The van der Waals surface area contributed by atoms with Gasteiger partial charge in [-0.05, 0) is 51.5 Å². The van der Waals surface area contributed by atoms with E-state index in [1.807, 2.05) is 6.07 Å². The minimum absolute atomic E-state index is 0.0755. The Kier molecular flexibility index (Phi) is 7.90. The van der Waals surface area contributed by atoms with Crippen LogP contribution in [-0.2, 0) is 27.9 Å². The molecule has 2 heterocycles. The van der Waals surface area contributed by atoms with Crippen molar-refractivity contribution in [3.05, 3.63) is 51.7 Å². The van der Waals surface area contributed by atoms with Crippen molar-refractivity contribution in [2.45, 2.75) is 45.4 Å². The first kappa shape index (κ1) is 26.6. The molecule has 0 aliphatic heterocycles. The highest BCUT2D eigenvalue weighted by molar-refractivity contribution is 6.31. The highest BCUT2D eigenvalue weighted by atomic mass is 35.5. The fraction of sp³-hybridized carbons (Fsp3) is 0.375. The molecular formula is C24H27ClN6O5. The van der Waals surface area contributed by atoms with Crippen molar-refractivity contribution in [2.75, 3.05) is 12.4 Å². The van der Waals surface area contributed by atoms with Crippen LogP contribution in [0.15, 0.2) is 35.3 Å². The lowest BCUT2D eigenvalue weighted by molar-refractivity contribution is -0.143. The van der Waals surface area contributed by atoms with E-state index in [1.165, 1.54) is 22.4 Å². The Balaban J connectivity index is 1.90. The number of aromatic nitrogens is 3. The fourth-order valence-electron chi connectivity index (χ4n) is 3.61. The standard InChI is InChI=1S/C24H27ClN6O5/c1-24(2,3)36-22(33)29-17(21(32)35-5)9-11-31-19-12-14(6-7-18(19)30(4)23(31)34)28-16-8-10-27-20(25)15(16)13-26/h6-8,10,12,17H,9,11H2,1-5H3,(H,27,28)(H,29,33)/t17-/m0/s1. The number of rotatable bonds is 7. The number of pyridine rings is 1. The number of methoxy groups -OCH3 is 1. The van der Waals surface area contributed by atoms with E-state index in [0.717, 1.165) is 0 Å². The van der Waals surface area contributed by atoms with Gasteiger partial charge in [-0.25, -0.2) is 19.4 Å². The van der Waals surface area contributed by atoms with Crippen LogP contribution in [0.5, 0.6) is 0 Å². The van der Waals surface area contributed by atoms with Gasteiger partial charge >= 0.3 is 17.8 Å². The predicted octanol–water partition coefficient (Wildman–Crippen LogP) is 3.46. The van der Waals surface area contributed by atoms with E-state index in [1.54, 1.807) is 52.1 Å². The summed E-state index contributed by atoms with van der Waals surface area (Å²) in [6.07, 6.45) is 0.799. The summed E-state index contributed by atoms with van der Waals surface area (Å²) in [4.78, 5) is 41.4. The summed E-state index contributed by atoms with van der Waals surface area (Å²) in [5, 5.41) is 15.1. The number of fused-ring (bicyclic) bond motifs is 1. The maximum absolute atomic E-state index is 13.0. The van der Waals surface area contributed by atoms with Gasteiger partial charge in [0.2, 0.25) is 0 Å². The molecule has 0 unspecified atom stereocenters. The maximum Gasteiger partial charge on any atom is 0.408 e. The lowest BCUT2D eigenvalue weighted by Gasteiger charge is -2.22. The third-order valence-electron chi connectivity index (χ3n) is 5.26. The Labute approximate surface area is 212 Å². The molecule has 2 N–H and O–H groups in total. The number of benzene rings is 1. The van der Waals surface area contributed by atoms with Gasteiger partial charge in [0.1, 0.15) is 28.4 Å². The molecule has 0 radical (unpaired) electrons. The van der Waals surface area contributed by atoms with Gasteiger partial charge in [0.05, 0.1) is 23.8 Å². The molecule has 0 spiro atoms. The van der Waals surface area contributed by atoms with E-state index >= 15 is 0 Å². The first-order valence-electron chi connectivity index (χ1n) is 11.0. The number of hydrogen-bond acceptors (Lipinski definition) is 8. The fourth-order valence-corrected chi connectivity index (χ4v) is 3.81. The topological polar surface area (TPSA) is 140 Å². The summed E-state index contributed by atoms with van der Waals surface area (Å²) in [6.45, 7) is 5.24. The molecule has 1 aromatic carbocycles. The molecule has 0 saturated heterocycles. The quantitative estimate of drug-likeness (QED) is 0.361. The van der Waals surface area contributed by atoms with E-state index in [0.29, 0.717) is 22.4 Å². The van der Waals surface area contributed by atoms with Gasteiger partial charge in [0.15, 0.2) is 0 Å². The molecule has 1 amide bonds. The number of carbonyl (C=O) groups is 2. The highest BCUT2D eigenvalue weighted by Crippen LogP contribution is 2.27. The lowest BCUT2D eigenvalue weighted by Crippen LogP contribution is -2.44. The second-order valence-electron chi connectivity index (χ2n) is 8.97. The van der Waals surface area contributed by atoms with Gasteiger partial charge in [-0.3, -0.25) is 9.13 Å². The van der Waals surface area contributed by atoms with E-state index in [-0.39, 0.29) is 29.4 Å². The number of nitriles is 1. The van der Waals surface area contributed by atoms with E-state index in [2.05, 4.69) is 15.6 Å². The Morgan fingerprint density at radius 1 is 1.25 bits per heavy atom. The Morgan fingerprint density at radius 2 is 1.97 bits per heavy atom. The van der Waals surface area contributed by atoms with Crippen molar-refractivity contribution in [2.24, 2.45) is 7.05 Å². The number of esters is 1. The molecule has 0 fully saturated rings. The van der Waals surface area contributed by atoms with Crippen LogP contribution in [0, 0.1) is 11.3 Å². The Bertz CT molecular complexity index is 1400. The summed E-state index contributed by atoms with van der Waals surface area (Å²) in [6, 6.07) is 7.90. The smallest absolute Gasteiger partial charge is 0.408 e. The van der Waals surface area contributed by atoms with Crippen LogP contribution >= 0.6 is 11.6 Å². The maximum atomic E-state index is 13.0. The van der Waals surface area contributed by atoms with Crippen LogP contribution in [0.2, 0.25) is 5.15 Å². The second kappa shape index (κ2) is 10.7. The van der Waals surface area contributed by atoms with E-state index < -0.39 is 23.7 Å². The first-order valence-corrected chi connectivity index (χ1v) is 11.4. The van der Waals surface area contributed by atoms with Crippen molar-refractivity contribution in [1.82, 2.24) is 19.4 Å². The molecule has 1 atom stereocenters. The third kappa shape index (κ3) is 5.95. The van der Waals surface area contributed by atoms with Gasteiger partial charge in [-0.2, -0.15) is 5.26 Å². The summed E-state index contributed by atoms with van der Waals surface area (Å²) >= 11 is 6.02. The van der Waals surface area contributed by atoms with Gasteiger partial charge in [0, 0.05) is 25.5 Å². The van der Waals surface area contributed by atoms with Crippen LogP contribution in [0.25, 0.3) is 11.0 Å². The molecule has 0 bridgehead atoms. The predicted molar refractivity (Wildman–Crippen MR) is 134 cm³/mol. The molecule has 3 rings (SSSR count). The van der Waals surface area contributed by atoms with Crippen molar-refractivity contribution in [1.29, 1.82) is 5.26 Å². The van der Waals surface area contributed by atoms with Crippen molar-refractivity contribution < 1.29 is 19.1 Å². The monoisotopic (exact) mass is 514 g/mol. The summed E-state index contributed by atoms with van der Waals surface area (Å²) in [5.41, 5.74) is 1.48.